The number of amides is 1. The fourth-order valence-corrected chi connectivity index (χ4v) is 3.03. The van der Waals surface area contributed by atoms with Gasteiger partial charge in [0.1, 0.15) is 29.3 Å². The molecule has 0 spiro atoms. The summed E-state index contributed by atoms with van der Waals surface area (Å²) in [5.74, 6) is 0.120. The first kappa shape index (κ1) is 20.2. The second kappa shape index (κ2) is 8.34. The average Bonchev–Trinajstić information content (AvgIpc) is 3.36. The fraction of sp³-hybridized carbons (Fsp3) is 0.190. The largest absolute Gasteiger partial charge is 0.440 e. The predicted octanol–water partition coefficient (Wildman–Crippen LogP) is 3.29. The highest BCUT2D eigenvalue weighted by Crippen LogP contribution is 2.22. The zero-order valence-corrected chi connectivity index (χ0v) is 17.2. The number of hydrogen-bond acceptors (Lipinski definition) is 7. The van der Waals surface area contributed by atoms with Gasteiger partial charge in [-0.3, -0.25) is 9.48 Å². The zero-order chi connectivity index (χ0) is 22.0. The number of anilines is 2. The van der Waals surface area contributed by atoms with Crippen LogP contribution in [0.2, 0.25) is 0 Å². The van der Waals surface area contributed by atoms with Gasteiger partial charge in [-0.15, -0.1) is 0 Å². The molecular weight excluding hydrogens is 401 g/mol. The van der Waals surface area contributed by atoms with Crippen molar-refractivity contribution in [3.05, 3.63) is 71.3 Å². The normalized spacial score (nSPS) is 10.8. The van der Waals surface area contributed by atoms with Crippen LogP contribution >= 0.6 is 0 Å². The monoisotopic (exact) mass is 421 g/mol. The van der Waals surface area contributed by atoms with E-state index in [-0.39, 0.29) is 18.3 Å². The van der Waals surface area contributed by atoms with Crippen molar-refractivity contribution in [2.24, 2.45) is 7.05 Å². The van der Waals surface area contributed by atoms with Crippen LogP contribution in [0.25, 0.3) is 11.4 Å². The predicted molar refractivity (Wildman–Crippen MR) is 111 cm³/mol. The number of benzene rings is 1. The van der Waals surface area contributed by atoms with Crippen molar-refractivity contribution in [2.75, 3.05) is 5.32 Å². The molecule has 31 heavy (non-hydrogen) atoms. The highest BCUT2D eigenvalue weighted by molar-refractivity contribution is 5.90. The van der Waals surface area contributed by atoms with Crippen LogP contribution in [0.1, 0.15) is 27.4 Å². The van der Waals surface area contributed by atoms with E-state index in [1.807, 2.05) is 6.92 Å². The van der Waals surface area contributed by atoms with Crippen LogP contribution in [-0.4, -0.2) is 30.6 Å². The first-order valence-electron chi connectivity index (χ1n) is 9.48. The van der Waals surface area contributed by atoms with Crippen LogP contribution in [0.3, 0.4) is 0 Å². The van der Waals surface area contributed by atoms with E-state index in [2.05, 4.69) is 30.7 Å². The van der Waals surface area contributed by atoms with E-state index in [1.54, 1.807) is 43.2 Å². The maximum absolute atomic E-state index is 13.5. The lowest BCUT2D eigenvalue weighted by molar-refractivity contribution is 0.0916. The standard InChI is InChI=1S/C21H20FN7O2/c1-12-6-14(8-15(22)7-12)10-23-19(30)20-26-16(11-31-20)18-13(2)9-24-21(28-18)27-17-4-5-25-29(17)3/h4-9,11H,10H2,1-3H3,(H,23,30)(H,24,27,28). The minimum atomic E-state index is -0.506. The Bertz CT molecular complexity index is 1230. The number of oxazole rings is 1. The molecule has 3 heterocycles. The van der Waals surface area contributed by atoms with Gasteiger partial charge < -0.3 is 15.1 Å². The maximum atomic E-state index is 13.5. The summed E-state index contributed by atoms with van der Waals surface area (Å²) >= 11 is 0. The molecule has 0 bridgehead atoms. The third-order valence-corrected chi connectivity index (χ3v) is 4.53. The summed E-state index contributed by atoms with van der Waals surface area (Å²) in [4.78, 5) is 25.4. The molecule has 0 aliphatic carbocycles. The van der Waals surface area contributed by atoms with E-state index < -0.39 is 5.91 Å². The van der Waals surface area contributed by atoms with E-state index in [0.29, 0.717) is 22.9 Å². The molecule has 0 aliphatic rings. The number of hydrogen-bond donors (Lipinski definition) is 2. The van der Waals surface area contributed by atoms with Crippen molar-refractivity contribution >= 4 is 17.7 Å². The summed E-state index contributed by atoms with van der Waals surface area (Å²) in [5, 5.41) is 9.84. The van der Waals surface area contributed by atoms with E-state index in [0.717, 1.165) is 16.9 Å². The van der Waals surface area contributed by atoms with Gasteiger partial charge in [-0.25, -0.2) is 19.3 Å². The molecular formula is C21H20FN7O2. The van der Waals surface area contributed by atoms with Crippen LogP contribution in [0.5, 0.6) is 0 Å². The first-order valence-corrected chi connectivity index (χ1v) is 9.48. The van der Waals surface area contributed by atoms with Crippen molar-refractivity contribution in [3.8, 4) is 11.4 Å². The van der Waals surface area contributed by atoms with Crippen molar-refractivity contribution < 1.29 is 13.6 Å². The summed E-state index contributed by atoms with van der Waals surface area (Å²) in [6.07, 6.45) is 4.68. The van der Waals surface area contributed by atoms with Crippen molar-refractivity contribution in [2.45, 2.75) is 20.4 Å². The Morgan fingerprint density at radius 1 is 1.23 bits per heavy atom. The second-order valence-corrected chi connectivity index (χ2v) is 7.05. The second-order valence-electron chi connectivity index (χ2n) is 7.05. The fourth-order valence-electron chi connectivity index (χ4n) is 3.03. The van der Waals surface area contributed by atoms with E-state index in [4.69, 9.17) is 4.42 Å². The first-order chi connectivity index (χ1) is 14.9. The molecule has 2 N–H and O–H groups in total. The molecule has 4 rings (SSSR count). The van der Waals surface area contributed by atoms with Crippen molar-refractivity contribution in [1.82, 2.24) is 30.0 Å². The molecule has 1 amide bonds. The van der Waals surface area contributed by atoms with E-state index >= 15 is 0 Å². The minimum Gasteiger partial charge on any atom is -0.440 e. The number of aryl methyl sites for hydroxylation is 3. The number of halogens is 1. The van der Waals surface area contributed by atoms with Crippen LogP contribution in [0.15, 0.2) is 47.3 Å². The third kappa shape index (κ3) is 4.58. The lowest BCUT2D eigenvalue weighted by Gasteiger charge is -2.07. The van der Waals surface area contributed by atoms with Gasteiger partial charge in [-0.1, -0.05) is 6.07 Å². The number of rotatable bonds is 6. The molecule has 0 radical (unpaired) electrons. The number of carbonyl (C=O) groups excluding carboxylic acids is 1. The Morgan fingerprint density at radius 3 is 2.81 bits per heavy atom. The molecule has 0 fully saturated rings. The molecule has 0 aliphatic heterocycles. The number of nitrogens with zero attached hydrogens (tertiary/aromatic N) is 5. The molecule has 0 atom stereocenters. The summed E-state index contributed by atoms with van der Waals surface area (Å²) < 4.78 is 20.5. The van der Waals surface area contributed by atoms with E-state index in [1.165, 1.54) is 18.4 Å². The van der Waals surface area contributed by atoms with Gasteiger partial charge >= 0.3 is 5.91 Å². The van der Waals surface area contributed by atoms with Gasteiger partial charge in [-0.2, -0.15) is 5.10 Å². The van der Waals surface area contributed by atoms with Gasteiger partial charge in [0.15, 0.2) is 0 Å². The quantitative estimate of drug-likeness (QED) is 0.491. The van der Waals surface area contributed by atoms with Crippen molar-refractivity contribution in [3.63, 3.8) is 0 Å². The summed E-state index contributed by atoms with van der Waals surface area (Å²) in [6.45, 7) is 3.78. The number of aromatic nitrogens is 5. The summed E-state index contributed by atoms with van der Waals surface area (Å²) in [5.41, 5.74) is 3.13. The Balaban J connectivity index is 1.49. The van der Waals surface area contributed by atoms with Gasteiger partial charge in [0.25, 0.3) is 5.89 Å². The van der Waals surface area contributed by atoms with Gasteiger partial charge in [0.2, 0.25) is 5.95 Å². The Hall–Kier alpha value is -4.08. The average molecular weight is 421 g/mol. The molecule has 0 unspecified atom stereocenters. The summed E-state index contributed by atoms with van der Waals surface area (Å²) in [6, 6.07) is 6.38. The van der Waals surface area contributed by atoms with Gasteiger partial charge in [0, 0.05) is 25.9 Å². The lowest BCUT2D eigenvalue weighted by atomic mass is 10.1. The molecule has 0 saturated heterocycles. The van der Waals surface area contributed by atoms with Crippen LogP contribution in [0, 0.1) is 19.7 Å². The molecule has 9 nitrogen and oxygen atoms in total. The molecule has 1 aromatic carbocycles. The van der Waals surface area contributed by atoms with Crippen LogP contribution < -0.4 is 10.6 Å². The molecule has 0 saturated carbocycles. The Morgan fingerprint density at radius 2 is 2.06 bits per heavy atom. The smallest absolute Gasteiger partial charge is 0.307 e. The zero-order valence-electron chi connectivity index (χ0n) is 17.2. The molecule has 4 aromatic rings. The van der Waals surface area contributed by atoms with Gasteiger partial charge in [0.05, 0.1) is 6.20 Å². The molecule has 3 aromatic heterocycles. The molecule has 10 heteroatoms. The van der Waals surface area contributed by atoms with Crippen LogP contribution in [0.4, 0.5) is 16.2 Å². The van der Waals surface area contributed by atoms with Crippen molar-refractivity contribution in [1.29, 1.82) is 0 Å². The third-order valence-electron chi connectivity index (χ3n) is 4.53. The Labute approximate surface area is 177 Å². The SMILES string of the molecule is Cc1cc(F)cc(CNC(=O)c2nc(-c3nc(Nc4ccnn4C)ncc3C)co2)c1. The number of nitrogens with one attached hydrogen (secondary N) is 2. The minimum absolute atomic E-state index is 0.109. The lowest BCUT2D eigenvalue weighted by Crippen LogP contribution is -2.23. The maximum Gasteiger partial charge on any atom is 0.307 e. The van der Waals surface area contributed by atoms with Gasteiger partial charge in [-0.05, 0) is 42.7 Å². The number of carbonyl (C=O) groups is 1. The summed E-state index contributed by atoms with van der Waals surface area (Å²) in [7, 11) is 1.80. The highest BCUT2D eigenvalue weighted by Gasteiger charge is 2.17. The topological polar surface area (TPSA) is 111 Å². The highest BCUT2D eigenvalue weighted by atomic mass is 19.1. The molecule has 158 valence electrons. The van der Waals surface area contributed by atoms with Crippen LogP contribution in [-0.2, 0) is 13.6 Å². The van der Waals surface area contributed by atoms with E-state index in [9.17, 15) is 9.18 Å². The Kier molecular flexibility index (Phi) is 5.44.